The van der Waals surface area contributed by atoms with Crippen LogP contribution >= 0.6 is 23.1 Å². The minimum atomic E-state index is -4.18. The number of amides is 2. The van der Waals surface area contributed by atoms with Gasteiger partial charge in [0.1, 0.15) is 5.76 Å². The van der Waals surface area contributed by atoms with Crippen molar-refractivity contribution < 1.29 is 27.2 Å². The number of carbonyl (C=O) groups excluding carboxylic acids is 2. The van der Waals surface area contributed by atoms with Crippen LogP contribution < -0.4 is 5.32 Å². The number of alkyl halides is 3. The lowest BCUT2D eigenvalue weighted by Crippen LogP contribution is -2.27. The van der Waals surface area contributed by atoms with Gasteiger partial charge in [-0.05, 0) is 30.3 Å². The number of carbonyl (C=O) groups is 2. The highest BCUT2D eigenvalue weighted by Crippen LogP contribution is 2.33. The van der Waals surface area contributed by atoms with Crippen LogP contribution in [0.1, 0.15) is 18.6 Å². The van der Waals surface area contributed by atoms with Crippen LogP contribution in [0.25, 0.3) is 10.2 Å². The zero-order chi connectivity index (χ0) is 22.0. The van der Waals surface area contributed by atoms with Gasteiger partial charge in [-0.25, -0.2) is 4.98 Å². The molecule has 0 bridgehead atoms. The number of anilines is 1. The first-order valence-corrected chi connectivity index (χ1v) is 11.3. The Labute approximate surface area is 183 Å². The fourth-order valence-electron chi connectivity index (χ4n) is 3.23. The minimum absolute atomic E-state index is 0.0862. The quantitative estimate of drug-likeness (QED) is 0.497. The number of fused-ring (bicyclic) bond motifs is 1. The summed E-state index contributed by atoms with van der Waals surface area (Å²) >= 11 is 2.35. The number of nitrogens with one attached hydrogen (secondary N) is 1. The molecule has 3 aromatic rings. The third-order valence-corrected chi connectivity index (χ3v) is 6.92. The Bertz CT molecular complexity index is 1080. The summed E-state index contributed by atoms with van der Waals surface area (Å²) in [6, 6.07) is 8.69. The number of likely N-dealkylation sites (tertiary alicyclic amines) is 1. The first kappa shape index (κ1) is 21.7. The lowest BCUT2D eigenvalue weighted by Gasteiger charge is -2.15. The third kappa shape index (κ3) is 5.59. The summed E-state index contributed by atoms with van der Waals surface area (Å²) in [6.45, 7) is 0.644. The van der Waals surface area contributed by atoms with E-state index in [4.69, 9.17) is 4.42 Å². The van der Waals surface area contributed by atoms with E-state index in [9.17, 15) is 22.8 Å². The molecule has 3 heterocycles. The van der Waals surface area contributed by atoms with Crippen LogP contribution in [0.5, 0.6) is 0 Å². The maximum atomic E-state index is 12.6. The Kier molecular flexibility index (Phi) is 6.24. The summed E-state index contributed by atoms with van der Waals surface area (Å²) in [5, 5.41) is 2.83. The monoisotopic (exact) mass is 469 g/mol. The van der Waals surface area contributed by atoms with Gasteiger partial charge in [-0.2, -0.15) is 13.2 Å². The number of hydrogen-bond donors (Lipinski definition) is 1. The number of aromatic nitrogens is 1. The summed E-state index contributed by atoms with van der Waals surface area (Å²) in [7, 11) is 0. The maximum absolute atomic E-state index is 12.6. The smallest absolute Gasteiger partial charge is 0.389 e. The molecule has 1 N–H and O–H groups in total. The van der Waals surface area contributed by atoms with Gasteiger partial charge in [-0.15, -0.1) is 11.3 Å². The van der Waals surface area contributed by atoms with Crippen molar-refractivity contribution in [3.05, 3.63) is 42.4 Å². The molecule has 2 amide bonds. The number of thioether (sulfide) groups is 1. The molecule has 1 fully saturated rings. The molecule has 1 atom stereocenters. The van der Waals surface area contributed by atoms with Crippen molar-refractivity contribution in [3.8, 4) is 0 Å². The molecule has 1 aromatic carbocycles. The molecular formula is C20H18F3N3O3S2. The molecular weight excluding hydrogens is 451 g/mol. The van der Waals surface area contributed by atoms with Gasteiger partial charge in [0.05, 0.1) is 35.4 Å². The molecule has 1 aliphatic heterocycles. The number of hydrogen-bond acceptors (Lipinski definition) is 6. The molecule has 31 heavy (non-hydrogen) atoms. The first-order chi connectivity index (χ1) is 14.8. The minimum Gasteiger partial charge on any atom is -0.467 e. The standard InChI is InChI=1S/C20H18F3N3O3S2/c21-20(22,23)5-7-30-19-25-15-4-3-13(9-16(15)31-19)24-18(28)12-8-17(27)26(10-12)11-14-2-1-6-29-14/h1-4,6,9,12H,5,7-8,10-11H2,(H,24,28). The zero-order valence-corrected chi connectivity index (χ0v) is 17.8. The number of halogens is 3. The fraction of sp³-hybridized carbons (Fsp3) is 0.350. The van der Waals surface area contributed by atoms with Gasteiger partial charge in [0.2, 0.25) is 11.8 Å². The lowest BCUT2D eigenvalue weighted by molar-refractivity contribution is -0.130. The van der Waals surface area contributed by atoms with E-state index < -0.39 is 18.5 Å². The number of nitrogens with zero attached hydrogens (tertiary/aromatic N) is 2. The van der Waals surface area contributed by atoms with E-state index in [2.05, 4.69) is 10.3 Å². The second kappa shape index (κ2) is 8.91. The molecule has 11 heteroatoms. The highest BCUT2D eigenvalue weighted by atomic mass is 32.2. The summed E-state index contributed by atoms with van der Waals surface area (Å²) in [5.74, 6) is -0.243. The molecule has 0 aliphatic carbocycles. The number of rotatable bonds is 7. The number of furan rings is 1. The Balaban J connectivity index is 1.35. The Hall–Kier alpha value is -2.53. The van der Waals surface area contributed by atoms with E-state index in [1.165, 1.54) is 17.6 Å². The van der Waals surface area contributed by atoms with Gasteiger partial charge in [-0.1, -0.05) is 11.8 Å². The van der Waals surface area contributed by atoms with Crippen molar-refractivity contribution in [1.82, 2.24) is 9.88 Å². The van der Waals surface area contributed by atoms with Gasteiger partial charge >= 0.3 is 6.18 Å². The van der Waals surface area contributed by atoms with Gasteiger partial charge in [-0.3, -0.25) is 9.59 Å². The average Bonchev–Trinajstić information content (AvgIpc) is 3.41. The molecule has 1 saturated heterocycles. The average molecular weight is 470 g/mol. The van der Waals surface area contributed by atoms with E-state index in [-0.39, 0.29) is 24.0 Å². The molecule has 0 spiro atoms. The van der Waals surface area contributed by atoms with Crippen molar-refractivity contribution in [2.24, 2.45) is 5.92 Å². The second-order valence-electron chi connectivity index (χ2n) is 7.12. The van der Waals surface area contributed by atoms with Crippen LogP contribution in [0.4, 0.5) is 18.9 Å². The second-order valence-corrected chi connectivity index (χ2v) is 9.49. The van der Waals surface area contributed by atoms with Crippen LogP contribution in [0.2, 0.25) is 0 Å². The third-order valence-electron chi connectivity index (χ3n) is 4.76. The Morgan fingerprint density at radius 2 is 2.19 bits per heavy atom. The van der Waals surface area contributed by atoms with Gasteiger partial charge < -0.3 is 14.6 Å². The van der Waals surface area contributed by atoms with E-state index >= 15 is 0 Å². The van der Waals surface area contributed by atoms with E-state index in [1.54, 1.807) is 35.2 Å². The number of benzene rings is 1. The summed E-state index contributed by atoms with van der Waals surface area (Å²) in [6.07, 6.45) is -3.38. The van der Waals surface area contributed by atoms with Gasteiger partial charge in [0, 0.05) is 24.4 Å². The van der Waals surface area contributed by atoms with Crippen LogP contribution in [-0.4, -0.2) is 40.2 Å². The SMILES string of the molecule is O=C(Nc1ccc2nc(SCCC(F)(F)F)sc2c1)C1CC(=O)N(Cc2ccco2)C1. The summed E-state index contributed by atoms with van der Waals surface area (Å²) < 4.78 is 43.5. The van der Waals surface area contributed by atoms with Crippen molar-refractivity contribution in [1.29, 1.82) is 0 Å². The van der Waals surface area contributed by atoms with E-state index in [1.807, 2.05) is 0 Å². The molecule has 1 unspecified atom stereocenters. The molecule has 6 nitrogen and oxygen atoms in total. The van der Waals surface area contributed by atoms with Crippen LogP contribution in [0.15, 0.2) is 45.4 Å². The predicted octanol–water partition coefficient (Wildman–Crippen LogP) is 4.92. The van der Waals surface area contributed by atoms with Gasteiger partial charge in [0.15, 0.2) is 4.34 Å². The van der Waals surface area contributed by atoms with Crippen molar-refractivity contribution >= 4 is 50.8 Å². The highest BCUT2D eigenvalue weighted by Gasteiger charge is 2.34. The molecule has 1 aliphatic rings. The topological polar surface area (TPSA) is 75.4 Å². The molecule has 0 radical (unpaired) electrons. The van der Waals surface area contributed by atoms with Crippen molar-refractivity contribution in [2.75, 3.05) is 17.6 Å². The summed E-state index contributed by atoms with van der Waals surface area (Å²) in [4.78, 5) is 30.8. The largest absolute Gasteiger partial charge is 0.467 e. The first-order valence-electron chi connectivity index (χ1n) is 9.48. The van der Waals surface area contributed by atoms with Crippen LogP contribution in [0.3, 0.4) is 0 Å². The number of thiazole rings is 1. The highest BCUT2D eigenvalue weighted by molar-refractivity contribution is 8.01. The Morgan fingerprint density at radius 1 is 1.35 bits per heavy atom. The molecule has 2 aromatic heterocycles. The lowest BCUT2D eigenvalue weighted by atomic mass is 10.1. The zero-order valence-electron chi connectivity index (χ0n) is 16.1. The molecule has 4 rings (SSSR count). The maximum Gasteiger partial charge on any atom is 0.389 e. The van der Waals surface area contributed by atoms with Gasteiger partial charge in [0.25, 0.3) is 0 Å². The Morgan fingerprint density at radius 3 is 2.94 bits per heavy atom. The van der Waals surface area contributed by atoms with E-state index in [0.717, 1.165) is 16.5 Å². The summed E-state index contributed by atoms with van der Waals surface area (Å²) in [5.41, 5.74) is 1.23. The van der Waals surface area contributed by atoms with Crippen LogP contribution in [0, 0.1) is 5.92 Å². The fourth-order valence-corrected chi connectivity index (χ4v) is 5.39. The predicted molar refractivity (Wildman–Crippen MR) is 112 cm³/mol. The van der Waals surface area contributed by atoms with Crippen LogP contribution in [-0.2, 0) is 16.1 Å². The molecule has 164 valence electrons. The molecule has 0 saturated carbocycles. The van der Waals surface area contributed by atoms with Crippen molar-refractivity contribution in [3.63, 3.8) is 0 Å². The van der Waals surface area contributed by atoms with E-state index in [0.29, 0.717) is 34.4 Å². The van der Waals surface area contributed by atoms with Crippen molar-refractivity contribution in [2.45, 2.75) is 29.9 Å². The normalized spacial score (nSPS) is 16.9.